The summed E-state index contributed by atoms with van der Waals surface area (Å²) in [7, 11) is 0. The van der Waals surface area contributed by atoms with Gasteiger partial charge in [-0.2, -0.15) is 0 Å². The number of Topliss-reactive ketones (excluding diaryl/α,β-unsaturated/α-hetero) is 1. The number of rotatable bonds is 4. The van der Waals surface area contributed by atoms with E-state index >= 15 is 0 Å². The van der Waals surface area contributed by atoms with Gasteiger partial charge in [0.1, 0.15) is 5.75 Å². The van der Waals surface area contributed by atoms with Gasteiger partial charge in [0.15, 0.2) is 5.78 Å². The molecule has 1 fully saturated rings. The number of carbonyl (C=O) groups is 1. The number of hydrogen-bond acceptors (Lipinski definition) is 3. The Kier molecular flexibility index (Phi) is 4.48. The Hall–Kier alpha value is -1.35. The van der Waals surface area contributed by atoms with Crippen LogP contribution in [-0.4, -0.2) is 25.0 Å². The van der Waals surface area contributed by atoms with Crippen LogP contribution in [0.4, 0.5) is 0 Å². The number of hydrogen-bond donors (Lipinski definition) is 1. The van der Waals surface area contributed by atoms with E-state index in [4.69, 9.17) is 4.74 Å². The van der Waals surface area contributed by atoms with Gasteiger partial charge < -0.3 is 10.1 Å². The average molecular weight is 275 g/mol. The van der Waals surface area contributed by atoms with Crippen LogP contribution in [0.3, 0.4) is 0 Å². The van der Waals surface area contributed by atoms with Gasteiger partial charge >= 0.3 is 0 Å². The SMILES string of the molecule is CCOc1ccc(C(=O)C2CCCN2)cc1C(C)(C)C. The first-order chi connectivity index (χ1) is 9.43. The number of nitrogens with one attached hydrogen (secondary N) is 1. The standard InChI is InChI=1S/C17H25NO2/c1-5-20-15-9-8-12(11-13(15)17(2,3)4)16(19)14-7-6-10-18-14/h8-9,11,14,18H,5-7,10H2,1-4H3. The minimum Gasteiger partial charge on any atom is -0.494 e. The third-order valence-corrected chi connectivity index (χ3v) is 3.75. The summed E-state index contributed by atoms with van der Waals surface area (Å²) in [5, 5.41) is 3.27. The number of carbonyl (C=O) groups excluding carboxylic acids is 1. The van der Waals surface area contributed by atoms with Crippen molar-refractivity contribution in [1.82, 2.24) is 5.32 Å². The molecule has 0 bridgehead atoms. The highest BCUT2D eigenvalue weighted by molar-refractivity contribution is 6.00. The van der Waals surface area contributed by atoms with E-state index in [1.807, 2.05) is 25.1 Å². The molecule has 1 aliphatic heterocycles. The molecule has 1 aliphatic rings. The second-order valence-corrected chi connectivity index (χ2v) is 6.41. The fourth-order valence-corrected chi connectivity index (χ4v) is 2.66. The highest BCUT2D eigenvalue weighted by Gasteiger charge is 2.26. The molecule has 1 saturated heterocycles. The maximum atomic E-state index is 12.5. The lowest BCUT2D eigenvalue weighted by molar-refractivity contribution is 0.0952. The van der Waals surface area contributed by atoms with Crippen LogP contribution < -0.4 is 10.1 Å². The Morgan fingerprint density at radius 2 is 2.15 bits per heavy atom. The zero-order valence-corrected chi connectivity index (χ0v) is 13.0. The Balaban J connectivity index is 2.33. The fraction of sp³-hybridized carbons (Fsp3) is 0.588. The van der Waals surface area contributed by atoms with Gasteiger partial charge in [-0.25, -0.2) is 0 Å². The minimum atomic E-state index is -0.0378. The van der Waals surface area contributed by atoms with E-state index in [1.54, 1.807) is 0 Å². The van der Waals surface area contributed by atoms with Crippen molar-refractivity contribution in [3.05, 3.63) is 29.3 Å². The van der Waals surface area contributed by atoms with Crippen LogP contribution in [0.2, 0.25) is 0 Å². The normalized spacial score (nSPS) is 19.1. The molecule has 0 radical (unpaired) electrons. The van der Waals surface area contributed by atoms with E-state index in [0.29, 0.717) is 6.61 Å². The number of ether oxygens (including phenoxy) is 1. The van der Waals surface area contributed by atoms with Crippen molar-refractivity contribution in [3.63, 3.8) is 0 Å². The van der Waals surface area contributed by atoms with E-state index in [0.717, 1.165) is 36.3 Å². The van der Waals surface area contributed by atoms with Gasteiger partial charge in [-0.05, 0) is 49.9 Å². The third-order valence-electron chi connectivity index (χ3n) is 3.75. The second kappa shape index (κ2) is 5.96. The first-order valence-electron chi connectivity index (χ1n) is 7.48. The van der Waals surface area contributed by atoms with E-state index < -0.39 is 0 Å². The fourth-order valence-electron chi connectivity index (χ4n) is 2.66. The van der Waals surface area contributed by atoms with Crippen LogP contribution in [0.15, 0.2) is 18.2 Å². The van der Waals surface area contributed by atoms with Crippen LogP contribution in [0, 0.1) is 0 Å². The monoisotopic (exact) mass is 275 g/mol. The van der Waals surface area contributed by atoms with Gasteiger partial charge in [-0.3, -0.25) is 4.79 Å². The van der Waals surface area contributed by atoms with E-state index in [-0.39, 0.29) is 17.2 Å². The quantitative estimate of drug-likeness (QED) is 0.857. The van der Waals surface area contributed by atoms with Crippen molar-refractivity contribution >= 4 is 5.78 Å². The van der Waals surface area contributed by atoms with Gasteiger partial charge in [0.2, 0.25) is 0 Å². The van der Waals surface area contributed by atoms with Gasteiger partial charge in [0, 0.05) is 11.1 Å². The third kappa shape index (κ3) is 3.21. The van der Waals surface area contributed by atoms with E-state index in [1.165, 1.54) is 0 Å². The first kappa shape index (κ1) is 15.0. The summed E-state index contributed by atoms with van der Waals surface area (Å²) in [5.41, 5.74) is 1.85. The van der Waals surface area contributed by atoms with Crippen molar-refractivity contribution in [2.75, 3.05) is 13.2 Å². The van der Waals surface area contributed by atoms with Crippen LogP contribution in [0.5, 0.6) is 5.75 Å². The maximum Gasteiger partial charge on any atom is 0.179 e. The largest absolute Gasteiger partial charge is 0.494 e. The van der Waals surface area contributed by atoms with Gasteiger partial charge in [0.25, 0.3) is 0 Å². The van der Waals surface area contributed by atoms with Gasteiger partial charge in [-0.1, -0.05) is 20.8 Å². The molecule has 3 heteroatoms. The molecule has 20 heavy (non-hydrogen) atoms. The molecule has 1 atom stereocenters. The summed E-state index contributed by atoms with van der Waals surface area (Å²) in [6, 6.07) is 5.82. The lowest BCUT2D eigenvalue weighted by Crippen LogP contribution is -2.31. The molecule has 1 aromatic rings. The summed E-state index contributed by atoms with van der Waals surface area (Å²) < 4.78 is 5.70. The molecule has 0 aromatic heterocycles. The molecule has 0 aliphatic carbocycles. The molecule has 110 valence electrons. The molecule has 0 spiro atoms. The van der Waals surface area contributed by atoms with Crippen molar-refractivity contribution in [3.8, 4) is 5.75 Å². The lowest BCUT2D eigenvalue weighted by atomic mass is 9.84. The smallest absolute Gasteiger partial charge is 0.179 e. The predicted octanol–water partition coefficient (Wildman–Crippen LogP) is 3.32. The average Bonchev–Trinajstić information content (AvgIpc) is 2.91. The van der Waals surface area contributed by atoms with Crippen LogP contribution in [0.25, 0.3) is 0 Å². The molecule has 2 rings (SSSR count). The molecule has 1 aromatic carbocycles. The van der Waals surface area contributed by atoms with Crippen LogP contribution in [-0.2, 0) is 5.41 Å². The molecular formula is C17H25NO2. The molecular weight excluding hydrogens is 250 g/mol. The Bertz CT molecular complexity index is 482. The molecule has 1 N–H and O–H groups in total. The predicted molar refractivity (Wildman–Crippen MR) is 81.7 cm³/mol. The summed E-state index contributed by atoms with van der Waals surface area (Å²) in [6.45, 7) is 10.0. The summed E-state index contributed by atoms with van der Waals surface area (Å²) >= 11 is 0. The van der Waals surface area contributed by atoms with Crippen molar-refractivity contribution < 1.29 is 9.53 Å². The molecule has 1 unspecified atom stereocenters. The summed E-state index contributed by atoms with van der Waals surface area (Å²) in [5.74, 6) is 1.09. The van der Waals surface area contributed by atoms with Crippen molar-refractivity contribution in [2.24, 2.45) is 0 Å². The molecule has 1 heterocycles. The molecule has 0 saturated carbocycles. The number of ketones is 1. The molecule has 0 amide bonds. The van der Waals surface area contributed by atoms with Crippen molar-refractivity contribution in [1.29, 1.82) is 0 Å². The first-order valence-corrected chi connectivity index (χ1v) is 7.48. The van der Waals surface area contributed by atoms with E-state index in [9.17, 15) is 4.79 Å². The Labute approximate surface area is 121 Å². The van der Waals surface area contributed by atoms with E-state index in [2.05, 4.69) is 26.1 Å². The molecule has 3 nitrogen and oxygen atoms in total. The van der Waals surface area contributed by atoms with Gasteiger partial charge in [0.05, 0.1) is 12.6 Å². The lowest BCUT2D eigenvalue weighted by Gasteiger charge is -2.23. The Morgan fingerprint density at radius 3 is 2.70 bits per heavy atom. The summed E-state index contributed by atoms with van der Waals surface area (Å²) in [6.07, 6.45) is 2.02. The van der Waals surface area contributed by atoms with Crippen molar-refractivity contribution in [2.45, 2.75) is 52.0 Å². The zero-order valence-electron chi connectivity index (χ0n) is 13.0. The minimum absolute atomic E-state index is 0.0132. The Morgan fingerprint density at radius 1 is 1.40 bits per heavy atom. The van der Waals surface area contributed by atoms with Crippen LogP contribution >= 0.6 is 0 Å². The highest BCUT2D eigenvalue weighted by Crippen LogP contribution is 2.32. The summed E-state index contributed by atoms with van der Waals surface area (Å²) in [4.78, 5) is 12.5. The zero-order chi connectivity index (χ0) is 14.8. The maximum absolute atomic E-state index is 12.5. The highest BCUT2D eigenvalue weighted by atomic mass is 16.5. The van der Waals surface area contributed by atoms with Crippen LogP contribution in [0.1, 0.15) is 56.5 Å². The number of benzene rings is 1. The topological polar surface area (TPSA) is 38.3 Å². The second-order valence-electron chi connectivity index (χ2n) is 6.41. The van der Waals surface area contributed by atoms with Gasteiger partial charge in [-0.15, -0.1) is 0 Å².